The molecule has 1 aliphatic heterocycles. The van der Waals surface area contributed by atoms with E-state index in [9.17, 15) is 9.59 Å². The van der Waals surface area contributed by atoms with Gasteiger partial charge < -0.3 is 21.1 Å². The molecule has 72 valence electrons. The highest BCUT2D eigenvalue weighted by Crippen LogP contribution is 2.29. The first-order valence-corrected chi connectivity index (χ1v) is 3.51. The van der Waals surface area contributed by atoms with Gasteiger partial charge in [0.15, 0.2) is 0 Å². The van der Waals surface area contributed by atoms with Crippen LogP contribution in [0.3, 0.4) is 0 Å². The van der Waals surface area contributed by atoms with Gasteiger partial charge in [-0.1, -0.05) is 4.58 Å². The Labute approximate surface area is 72.7 Å². The van der Waals surface area contributed by atoms with Crippen LogP contribution in [-0.4, -0.2) is 49.9 Å². The smallest absolute Gasteiger partial charge is 0.476 e. The van der Waals surface area contributed by atoms with Gasteiger partial charge in [-0.3, -0.25) is 0 Å². The van der Waals surface area contributed by atoms with Crippen molar-refractivity contribution in [2.45, 2.75) is 12.0 Å². The van der Waals surface area contributed by atoms with Gasteiger partial charge in [0.2, 0.25) is 0 Å². The highest BCUT2D eigenvalue weighted by Gasteiger charge is 2.77. The molecular weight excluding hydrogens is 180 g/mol. The quantitative estimate of drug-likeness (QED) is 0.414. The lowest BCUT2D eigenvalue weighted by atomic mass is 10.0. The number of rotatable bonds is 3. The average molecular weight is 189 g/mol. The molecule has 0 aromatic heterocycles. The predicted octanol–water partition coefficient (Wildman–Crippen LogP) is -1.18. The van der Waals surface area contributed by atoms with E-state index in [4.69, 9.17) is 21.1 Å². The number of carboxylic acids is 1. The molecule has 0 spiro atoms. The Morgan fingerprint density at radius 2 is 2.00 bits per heavy atom. The van der Waals surface area contributed by atoms with Crippen LogP contribution in [0.15, 0.2) is 0 Å². The first-order chi connectivity index (χ1) is 5.98. The Morgan fingerprint density at radius 3 is 2.23 bits per heavy atom. The summed E-state index contributed by atoms with van der Waals surface area (Å²) in [6.45, 7) is -0.0137. The number of hydrogen-bond donors (Lipinski definition) is 4. The van der Waals surface area contributed by atoms with E-state index in [-0.39, 0.29) is 13.0 Å². The summed E-state index contributed by atoms with van der Waals surface area (Å²) in [5, 5.41) is 26.2. The van der Waals surface area contributed by atoms with Crippen LogP contribution in [0, 0.1) is 0 Å². The maximum Gasteiger partial charge on any atom is 0.598 e. The largest absolute Gasteiger partial charge is 0.598 e. The standard InChI is InChI=1S/C6H8N2O5/c7-2-1-6(4(10)11)3(9)8(6)5(12)13/h1-2,7H2,(H2,10,11,12,13)/p+1. The molecule has 0 aromatic rings. The van der Waals surface area contributed by atoms with E-state index in [1.54, 1.807) is 0 Å². The van der Waals surface area contributed by atoms with Crippen LogP contribution < -0.4 is 5.73 Å². The average Bonchev–Trinajstić information content (AvgIpc) is 2.58. The molecule has 0 fully saturated rings. The molecule has 0 radical (unpaired) electrons. The fourth-order valence-electron chi connectivity index (χ4n) is 1.25. The second kappa shape index (κ2) is 2.70. The fourth-order valence-corrected chi connectivity index (χ4v) is 1.25. The lowest BCUT2D eigenvalue weighted by molar-refractivity contribution is -0.416. The van der Waals surface area contributed by atoms with Crippen molar-refractivity contribution in [3.8, 4) is 0 Å². The predicted molar refractivity (Wildman–Crippen MR) is 40.0 cm³/mol. The van der Waals surface area contributed by atoms with E-state index >= 15 is 0 Å². The summed E-state index contributed by atoms with van der Waals surface area (Å²) in [7, 11) is 0. The monoisotopic (exact) mass is 189 g/mol. The van der Waals surface area contributed by atoms with Gasteiger partial charge in [-0.05, 0) is 0 Å². The highest BCUT2D eigenvalue weighted by molar-refractivity contribution is 6.11. The molecular formula is C6H9N2O5+. The third-order valence-corrected chi connectivity index (χ3v) is 1.96. The third kappa shape index (κ3) is 1.04. The molecule has 0 bridgehead atoms. The zero-order valence-electron chi connectivity index (χ0n) is 6.60. The number of carboxylic acid groups (broad SMARTS) is 2. The highest BCUT2D eigenvalue weighted by atomic mass is 16.4. The molecule has 13 heavy (non-hydrogen) atoms. The van der Waals surface area contributed by atoms with Crippen LogP contribution in [0.25, 0.3) is 0 Å². The number of aliphatic hydroxyl groups excluding tert-OH is 1. The van der Waals surface area contributed by atoms with Gasteiger partial charge in [0.05, 0.1) is 6.42 Å². The molecule has 1 aliphatic rings. The van der Waals surface area contributed by atoms with Gasteiger partial charge in [-0.15, -0.1) is 0 Å². The minimum atomic E-state index is -1.80. The number of carbonyl (C=O) groups is 2. The Morgan fingerprint density at radius 1 is 1.46 bits per heavy atom. The van der Waals surface area contributed by atoms with Crippen LogP contribution in [0.4, 0.5) is 4.79 Å². The van der Waals surface area contributed by atoms with E-state index in [1.165, 1.54) is 0 Å². The van der Waals surface area contributed by atoms with Crippen molar-refractivity contribution in [1.82, 2.24) is 0 Å². The molecule has 0 aliphatic carbocycles. The van der Waals surface area contributed by atoms with Crippen LogP contribution in [0.2, 0.25) is 0 Å². The van der Waals surface area contributed by atoms with Crippen molar-refractivity contribution >= 4 is 18.0 Å². The van der Waals surface area contributed by atoms with Gasteiger partial charge in [0.25, 0.3) is 0 Å². The number of nitrogens with zero attached hydrogens (tertiary/aromatic N) is 1. The topological polar surface area (TPSA) is 124 Å². The summed E-state index contributed by atoms with van der Waals surface area (Å²) in [4.78, 5) is 21.1. The van der Waals surface area contributed by atoms with Crippen molar-refractivity contribution < 1.29 is 29.5 Å². The minimum Gasteiger partial charge on any atom is -0.476 e. The molecule has 1 unspecified atom stereocenters. The van der Waals surface area contributed by atoms with Gasteiger partial charge in [-0.2, -0.15) is 4.79 Å². The van der Waals surface area contributed by atoms with Gasteiger partial charge in [0.1, 0.15) is 0 Å². The summed E-state index contributed by atoms with van der Waals surface area (Å²) in [5.41, 5.74) is 3.30. The summed E-state index contributed by atoms with van der Waals surface area (Å²) in [6, 6.07) is 0. The molecule has 0 saturated carbocycles. The third-order valence-electron chi connectivity index (χ3n) is 1.96. The number of nitrogens with two attached hydrogens (primary N) is 1. The van der Waals surface area contributed by atoms with Crippen LogP contribution in [-0.2, 0) is 4.79 Å². The van der Waals surface area contributed by atoms with Gasteiger partial charge in [0, 0.05) is 6.54 Å². The molecule has 5 N–H and O–H groups in total. The summed E-state index contributed by atoms with van der Waals surface area (Å²) < 4.78 is 0.391. The Balaban J connectivity index is 2.91. The van der Waals surface area contributed by atoms with Gasteiger partial charge in [-0.25, -0.2) is 4.79 Å². The van der Waals surface area contributed by atoms with Crippen molar-refractivity contribution in [3.05, 3.63) is 0 Å². The van der Waals surface area contributed by atoms with E-state index in [2.05, 4.69) is 0 Å². The van der Waals surface area contributed by atoms with Crippen LogP contribution in [0.5, 0.6) is 0 Å². The lowest BCUT2D eigenvalue weighted by Crippen LogP contribution is -2.38. The zero-order chi connectivity index (χ0) is 10.2. The number of hydrogen-bond acceptors (Lipinski definition) is 3. The van der Waals surface area contributed by atoms with Gasteiger partial charge >= 0.3 is 23.5 Å². The zero-order valence-corrected chi connectivity index (χ0v) is 6.60. The minimum absolute atomic E-state index is 0.0137. The molecule has 1 amide bonds. The lowest BCUT2D eigenvalue weighted by Gasteiger charge is -1.98. The number of aliphatic carboxylic acids is 1. The SMILES string of the molecule is NCCC1(C(=O)O)C(O)=[N+]1C(=O)O. The number of aliphatic hydroxyl groups is 1. The molecule has 0 aromatic carbocycles. The van der Waals surface area contributed by atoms with E-state index in [0.29, 0.717) is 4.58 Å². The first-order valence-electron chi connectivity index (χ1n) is 3.51. The van der Waals surface area contributed by atoms with Crippen molar-refractivity contribution in [2.75, 3.05) is 6.54 Å². The van der Waals surface area contributed by atoms with E-state index in [1.807, 2.05) is 0 Å². The molecule has 7 nitrogen and oxygen atoms in total. The van der Waals surface area contributed by atoms with Crippen LogP contribution in [0.1, 0.15) is 6.42 Å². The fraction of sp³-hybridized carbons (Fsp3) is 0.500. The van der Waals surface area contributed by atoms with Crippen molar-refractivity contribution in [3.63, 3.8) is 0 Å². The summed E-state index contributed by atoms with van der Waals surface area (Å²) in [6.07, 6.45) is -1.62. The van der Waals surface area contributed by atoms with Crippen molar-refractivity contribution in [1.29, 1.82) is 0 Å². The normalized spacial score (nSPS) is 25.9. The molecule has 0 saturated heterocycles. The summed E-state index contributed by atoms with van der Waals surface area (Å²) in [5.74, 6) is -2.07. The first kappa shape index (κ1) is 9.46. The van der Waals surface area contributed by atoms with Crippen LogP contribution >= 0.6 is 0 Å². The number of amides is 1. The molecule has 1 rings (SSSR count). The maximum absolute atomic E-state index is 10.7. The van der Waals surface area contributed by atoms with E-state index < -0.39 is 23.5 Å². The molecule has 1 atom stereocenters. The van der Waals surface area contributed by atoms with Crippen molar-refractivity contribution in [2.24, 2.45) is 5.73 Å². The Kier molecular flexibility index (Phi) is 1.96. The van der Waals surface area contributed by atoms with E-state index in [0.717, 1.165) is 0 Å². The Bertz CT molecular complexity index is 310. The molecule has 1 heterocycles. The summed E-state index contributed by atoms with van der Waals surface area (Å²) >= 11 is 0. The maximum atomic E-state index is 10.7. The second-order valence-corrected chi connectivity index (χ2v) is 2.65. The second-order valence-electron chi connectivity index (χ2n) is 2.65. The Hall–Kier alpha value is -1.63. The molecule has 7 heteroatoms.